The maximum Gasteiger partial charge on any atom is 0.246 e. The Balaban J connectivity index is 1.38. The van der Waals surface area contributed by atoms with Crippen molar-refractivity contribution in [3.8, 4) is 11.8 Å². The van der Waals surface area contributed by atoms with Gasteiger partial charge in [-0.15, -0.1) is 0 Å². The van der Waals surface area contributed by atoms with Gasteiger partial charge >= 0.3 is 0 Å². The number of carbonyl (C=O) groups is 1. The van der Waals surface area contributed by atoms with Crippen molar-refractivity contribution in [3.05, 3.63) is 72.8 Å². The lowest BCUT2D eigenvalue weighted by atomic mass is 10.1. The van der Waals surface area contributed by atoms with E-state index in [2.05, 4.69) is 43.7 Å². The van der Waals surface area contributed by atoms with Gasteiger partial charge in [-0.05, 0) is 48.7 Å². The number of aromatic amines is 1. The Morgan fingerprint density at radius 2 is 2.16 bits per heavy atom. The van der Waals surface area contributed by atoms with Crippen molar-refractivity contribution >= 4 is 33.7 Å². The van der Waals surface area contributed by atoms with E-state index in [1.54, 1.807) is 11.1 Å². The molecule has 0 saturated carbocycles. The first-order valence-corrected chi connectivity index (χ1v) is 10.1. The van der Waals surface area contributed by atoms with E-state index in [1.807, 2.05) is 36.4 Å². The molecule has 2 N–H and O–H groups in total. The quantitative estimate of drug-likeness (QED) is 0.402. The van der Waals surface area contributed by atoms with Gasteiger partial charge in [-0.3, -0.25) is 9.78 Å². The van der Waals surface area contributed by atoms with Crippen molar-refractivity contribution in [2.24, 2.45) is 0 Å². The molecule has 7 nitrogen and oxygen atoms in total. The second-order valence-electron chi connectivity index (χ2n) is 7.45. The van der Waals surface area contributed by atoms with Gasteiger partial charge in [0, 0.05) is 36.3 Å². The lowest BCUT2D eigenvalue weighted by Crippen LogP contribution is -2.30. The molecule has 1 aromatic carbocycles. The average Bonchev–Trinajstić information content (AvgIpc) is 3.44. The molecule has 0 bridgehead atoms. The van der Waals surface area contributed by atoms with Crippen LogP contribution in [-0.4, -0.2) is 49.9 Å². The van der Waals surface area contributed by atoms with Crippen LogP contribution in [0.5, 0.6) is 0 Å². The Labute approximate surface area is 179 Å². The van der Waals surface area contributed by atoms with Crippen LogP contribution in [0.15, 0.2) is 61.6 Å². The van der Waals surface area contributed by atoms with Crippen molar-refractivity contribution in [2.75, 3.05) is 18.4 Å². The number of rotatable bonds is 3. The highest BCUT2D eigenvalue weighted by Crippen LogP contribution is 2.23. The number of hydrogen-bond donors (Lipinski definition) is 2. The second kappa shape index (κ2) is 7.92. The van der Waals surface area contributed by atoms with Gasteiger partial charge in [0.05, 0.1) is 16.6 Å². The fourth-order valence-corrected chi connectivity index (χ4v) is 3.82. The number of nitrogens with one attached hydrogen (secondary N) is 2. The third kappa shape index (κ3) is 3.83. The number of aromatic nitrogens is 4. The van der Waals surface area contributed by atoms with Crippen LogP contribution in [0.25, 0.3) is 21.9 Å². The molecule has 1 saturated heterocycles. The summed E-state index contributed by atoms with van der Waals surface area (Å²) in [5.41, 5.74) is 3.35. The molecule has 1 amide bonds. The summed E-state index contributed by atoms with van der Waals surface area (Å²) in [6.45, 7) is 4.90. The molecule has 1 unspecified atom stereocenters. The molecule has 3 aromatic heterocycles. The van der Waals surface area contributed by atoms with Crippen LogP contribution < -0.4 is 5.32 Å². The van der Waals surface area contributed by atoms with Gasteiger partial charge in [-0.25, -0.2) is 9.97 Å². The van der Waals surface area contributed by atoms with E-state index < -0.39 is 0 Å². The predicted molar refractivity (Wildman–Crippen MR) is 120 cm³/mol. The third-order valence-corrected chi connectivity index (χ3v) is 5.39. The summed E-state index contributed by atoms with van der Waals surface area (Å²) in [4.78, 5) is 29.9. The van der Waals surface area contributed by atoms with Crippen LogP contribution in [0.3, 0.4) is 0 Å². The maximum absolute atomic E-state index is 11.8. The van der Waals surface area contributed by atoms with Gasteiger partial charge in [-0.1, -0.05) is 18.6 Å². The first-order valence-electron chi connectivity index (χ1n) is 10.1. The Morgan fingerprint density at radius 3 is 3.06 bits per heavy atom. The molecular weight excluding hydrogens is 388 g/mol. The highest BCUT2D eigenvalue weighted by atomic mass is 16.2. The maximum atomic E-state index is 11.8. The number of nitrogens with zero attached hydrogens (tertiary/aromatic N) is 4. The fourth-order valence-electron chi connectivity index (χ4n) is 3.82. The van der Waals surface area contributed by atoms with Crippen LogP contribution in [0.1, 0.15) is 17.7 Å². The van der Waals surface area contributed by atoms with Crippen molar-refractivity contribution in [1.29, 1.82) is 0 Å². The second-order valence-corrected chi connectivity index (χ2v) is 7.45. The van der Waals surface area contributed by atoms with Gasteiger partial charge in [-0.2, -0.15) is 0 Å². The molecule has 1 fully saturated rings. The Kier molecular flexibility index (Phi) is 4.81. The van der Waals surface area contributed by atoms with Gasteiger partial charge in [0.15, 0.2) is 0 Å². The number of amides is 1. The molecule has 152 valence electrons. The molecule has 0 aliphatic carbocycles. The van der Waals surface area contributed by atoms with E-state index >= 15 is 0 Å². The lowest BCUT2D eigenvalue weighted by Gasteiger charge is -2.15. The van der Waals surface area contributed by atoms with Crippen LogP contribution >= 0.6 is 0 Å². The minimum absolute atomic E-state index is 0.0409. The SMILES string of the molecule is C=CC(=O)N1CCC(Nc2ncnc3[nH]c(C#Cc4ccc5ncccc5c4)cc23)C1. The van der Waals surface area contributed by atoms with E-state index in [0.717, 1.165) is 45.4 Å². The highest BCUT2D eigenvalue weighted by Gasteiger charge is 2.25. The molecule has 0 spiro atoms. The Morgan fingerprint density at radius 1 is 1.23 bits per heavy atom. The van der Waals surface area contributed by atoms with E-state index in [0.29, 0.717) is 13.1 Å². The zero-order valence-corrected chi connectivity index (χ0v) is 16.8. The van der Waals surface area contributed by atoms with Crippen molar-refractivity contribution in [2.45, 2.75) is 12.5 Å². The van der Waals surface area contributed by atoms with Gasteiger partial charge in [0.1, 0.15) is 17.8 Å². The Hall–Kier alpha value is -4.18. The molecule has 4 heterocycles. The van der Waals surface area contributed by atoms with Gasteiger partial charge < -0.3 is 15.2 Å². The summed E-state index contributed by atoms with van der Waals surface area (Å²) in [6.07, 6.45) is 5.52. The number of likely N-dealkylation sites (tertiary alicyclic amines) is 1. The first kappa shape index (κ1) is 18.8. The smallest absolute Gasteiger partial charge is 0.246 e. The van der Waals surface area contributed by atoms with Crippen LogP contribution in [0, 0.1) is 11.8 Å². The number of hydrogen-bond acceptors (Lipinski definition) is 5. The summed E-state index contributed by atoms with van der Waals surface area (Å²) in [7, 11) is 0. The number of carbonyl (C=O) groups excluding carboxylic acids is 1. The van der Waals surface area contributed by atoms with E-state index in [4.69, 9.17) is 0 Å². The van der Waals surface area contributed by atoms with Crippen molar-refractivity contribution < 1.29 is 4.79 Å². The molecule has 1 aliphatic heterocycles. The van der Waals surface area contributed by atoms with E-state index in [-0.39, 0.29) is 11.9 Å². The summed E-state index contributed by atoms with van der Waals surface area (Å²) in [5, 5.41) is 5.38. The number of benzene rings is 1. The molecule has 0 radical (unpaired) electrons. The average molecular weight is 408 g/mol. The third-order valence-electron chi connectivity index (χ3n) is 5.39. The molecule has 5 rings (SSSR count). The molecule has 31 heavy (non-hydrogen) atoms. The van der Waals surface area contributed by atoms with E-state index in [1.165, 1.54) is 12.4 Å². The molecule has 1 aliphatic rings. The molecular formula is C24H20N6O. The largest absolute Gasteiger partial charge is 0.365 e. The van der Waals surface area contributed by atoms with Gasteiger partial charge in [0.25, 0.3) is 0 Å². The van der Waals surface area contributed by atoms with Crippen molar-refractivity contribution in [1.82, 2.24) is 24.8 Å². The lowest BCUT2D eigenvalue weighted by molar-refractivity contribution is -0.125. The Bertz CT molecular complexity index is 1360. The predicted octanol–water partition coefficient (Wildman–Crippen LogP) is 3.10. The normalized spacial score (nSPS) is 15.6. The summed E-state index contributed by atoms with van der Waals surface area (Å²) in [5.74, 6) is 7.08. The topological polar surface area (TPSA) is 86.8 Å². The van der Waals surface area contributed by atoms with E-state index in [9.17, 15) is 4.79 Å². The van der Waals surface area contributed by atoms with Crippen LogP contribution in [0.4, 0.5) is 5.82 Å². The molecule has 7 heteroatoms. The highest BCUT2D eigenvalue weighted by molar-refractivity contribution is 5.89. The van der Waals surface area contributed by atoms with Crippen LogP contribution in [0.2, 0.25) is 0 Å². The monoisotopic (exact) mass is 408 g/mol. The number of H-pyrrole nitrogens is 1. The number of fused-ring (bicyclic) bond motifs is 2. The molecule has 4 aromatic rings. The summed E-state index contributed by atoms with van der Waals surface area (Å²) in [6, 6.07) is 12.0. The number of pyridine rings is 1. The minimum atomic E-state index is -0.0409. The molecule has 1 atom stereocenters. The zero-order valence-electron chi connectivity index (χ0n) is 16.8. The summed E-state index contributed by atoms with van der Waals surface area (Å²) < 4.78 is 0. The minimum Gasteiger partial charge on any atom is -0.365 e. The standard InChI is InChI=1S/C24H20N6O/c1-2-22(31)30-11-9-19(14-30)29-24-20-13-18(28-23(20)26-15-27-24)7-5-16-6-8-21-17(12-16)4-3-10-25-21/h2-4,6,8,10,12-13,15,19H,1,9,11,14H2,(H2,26,27,28,29). The fraction of sp³-hybridized carbons (Fsp3) is 0.167. The summed E-state index contributed by atoms with van der Waals surface area (Å²) >= 11 is 0. The first-order chi connectivity index (χ1) is 15.2. The number of anilines is 1. The van der Waals surface area contributed by atoms with Crippen LogP contribution in [-0.2, 0) is 4.79 Å². The van der Waals surface area contributed by atoms with Crippen molar-refractivity contribution in [3.63, 3.8) is 0 Å². The van der Waals surface area contributed by atoms with Gasteiger partial charge in [0.2, 0.25) is 5.91 Å². The zero-order chi connectivity index (χ0) is 21.2.